The molecule has 4 aromatic rings. The third-order valence-electron chi connectivity index (χ3n) is 7.73. The van der Waals surface area contributed by atoms with Crippen molar-refractivity contribution in [3.63, 3.8) is 0 Å². The second-order valence-electron chi connectivity index (χ2n) is 12.2. The van der Waals surface area contributed by atoms with Gasteiger partial charge in [-0.25, -0.2) is 0 Å². The molecule has 0 fully saturated rings. The lowest BCUT2D eigenvalue weighted by Gasteiger charge is -2.20. The van der Waals surface area contributed by atoms with Crippen molar-refractivity contribution in [2.75, 3.05) is 0 Å². The summed E-state index contributed by atoms with van der Waals surface area (Å²) >= 11 is 0. The third kappa shape index (κ3) is 7.30. The molecule has 0 bridgehead atoms. The van der Waals surface area contributed by atoms with Crippen molar-refractivity contribution in [1.82, 2.24) is 0 Å². The first kappa shape index (κ1) is 30.2. The fourth-order valence-electron chi connectivity index (χ4n) is 5.38. The lowest BCUT2D eigenvalue weighted by molar-refractivity contribution is 0.834. The molecule has 2 nitrogen and oxygen atoms in total. The van der Waals surface area contributed by atoms with E-state index in [4.69, 9.17) is 9.98 Å². The van der Waals surface area contributed by atoms with Crippen LogP contribution in [0, 0.1) is 0 Å². The number of para-hydroxylation sites is 2. The van der Waals surface area contributed by atoms with Crippen LogP contribution in [0.3, 0.4) is 0 Å². The number of hydrogen-bond acceptors (Lipinski definition) is 2. The lowest BCUT2D eigenvalue weighted by Crippen LogP contribution is -2.12. The second kappa shape index (κ2) is 13.7. The fraction of sp³-hybridized carbons (Fsp3) is 0.333. The average Bonchev–Trinajstić information content (AvgIpc) is 2.96. The summed E-state index contributed by atoms with van der Waals surface area (Å²) in [4.78, 5) is 11.1. The van der Waals surface area contributed by atoms with E-state index in [0.29, 0.717) is 30.1 Å². The van der Waals surface area contributed by atoms with Crippen molar-refractivity contribution in [2.24, 2.45) is 9.98 Å². The van der Waals surface area contributed by atoms with E-state index < -0.39 is 0 Å². The molecule has 41 heavy (non-hydrogen) atoms. The molecule has 0 saturated carbocycles. The molecule has 4 aromatic carbocycles. The molecule has 0 saturated heterocycles. The summed E-state index contributed by atoms with van der Waals surface area (Å²) in [7, 11) is 0. The van der Waals surface area contributed by atoms with Gasteiger partial charge >= 0.3 is 0 Å². The van der Waals surface area contributed by atoms with E-state index in [-0.39, 0.29) is 0 Å². The van der Waals surface area contributed by atoms with E-state index in [0.717, 1.165) is 33.9 Å². The zero-order valence-corrected chi connectivity index (χ0v) is 26.1. The van der Waals surface area contributed by atoms with Crippen molar-refractivity contribution in [1.29, 1.82) is 0 Å². The van der Waals surface area contributed by atoms with Crippen LogP contribution in [0.1, 0.15) is 119 Å². The molecule has 2 heteroatoms. The zero-order chi connectivity index (χ0) is 29.5. The van der Waals surface area contributed by atoms with E-state index in [1.807, 2.05) is 0 Å². The van der Waals surface area contributed by atoms with Crippen LogP contribution in [-0.2, 0) is 0 Å². The van der Waals surface area contributed by atoms with Gasteiger partial charge in [0.1, 0.15) is 0 Å². The number of benzene rings is 4. The van der Waals surface area contributed by atoms with Gasteiger partial charge in [-0.1, -0.05) is 152 Å². The Labute approximate surface area is 248 Å². The van der Waals surface area contributed by atoms with Gasteiger partial charge in [0.2, 0.25) is 0 Å². The van der Waals surface area contributed by atoms with Crippen LogP contribution in [-0.4, -0.2) is 11.4 Å². The van der Waals surface area contributed by atoms with E-state index >= 15 is 0 Å². The predicted octanol–water partition coefficient (Wildman–Crippen LogP) is 11.5. The highest BCUT2D eigenvalue weighted by molar-refractivity contribution is 6.19. The third-order valence-corrected chi connectivity index (χ3v) is 7.73. The number of rotatable bonds is 10. The van der Waals surface area contributed by atoms with E-state index in [2.05, 4.69) is 152 Å². The summed E-state index contributed by atoms with van der Waals surface area (Å²) in [6, 6.07) is 34.6. The lowest BCUT2D eigenvalue weighted by atomic mass is 9.91. The average molecular weight is 543 g/mol. The highest BCUT2D eigenvalue weighted by Gasteiger charge is 2.19. The molecule has 0 heterocycles. The smallest absolute Gasteiger partial charge is 0.0702 e. The highest BCUT2D eigenvalue weighted by Crippen LogP contribution is 2.37. The van der Waals surface area contributed by atoms with Crippen LogP contribution in [0.5, 0.6) is 0 Å². The van der Waals surface area contributed by atoms with Crippen molar-refractivity contribution in [3.8, 4) is 0 Å². The summed E-state index contributed by atoms with van der Waals surface area (Å²) in [6.07, 6.45) is 0.627. The van der Waals surface area contributed by atoms with E-state index in [9.17, 15) is 0 Å². The Kier molecular flexibility index (Phi) is 10.1. The first-order valence-corrected chi connectivity index (χ1v) is 15.2. The monoisotopic (exact) mass is 542 g/mol. The molecule has 0 spiro atoms. The molecule has 0 unspecified atom stereocenters. The number of hydrogen-bond donors (Lipinski definition) is 0. The molecule has 0 radical (unpaired) electrons. The summed E-state index contributed by atoms with van der Waals surface area (Å²) < 4.78 is 0. The first-order chi connectivity index (χ1) is 19.7. The van der Waals surface area contributed by atoms with Gasteiger partial charge in [0, 0.05) is 6.42 Å². The summed E-state index contributed by atoms with van der Waals surface area (Å²) in [5, 5.41) is 0. The quantitative estimate of drug-likeness (QED) is 0.178. The predicted molar refractivity (Wildman–Crippen MR) is 179 cm³/mol. The highest BCUT2D eigenvalue weighted by atomic mass is 14.8. The van der Waals surface area contributed by atoms with Crippen molar-refractivity contribution < 1.29 is 0 Å². The van der Waals surface area contributed by atoms with Crippen LogP contribution in [0.4, 0.5) is 11.4 Å². The van der Waals surface area contributed by atoms with Gasteiger partial charge in [-0.3, -0.25) is 9.98 Å². The van der Waals surface area contributed by atoms with Crippen LogP contribution >= 0.6 is 0 Å². The largest absolute Gasteiger partial charge is 0.252 e. The number of nitrogens with zero attached hydrogens (tertiary/aromatic N) is 2. The Morgan fingerprint density at radius 2 is 0.707 bits per heavy atom. The van der Waals surface area contributed by atoms with Gasteiger partial charge in [0.25, 0.3) is 0 Å². The molecule has 0 aliphatic heterocycles. The van der Waals surface area contributed by atoms with Crippen LogP contribution in [0.2, 0.25) is 0 Å². The first-order valence-electron chi connectivity index (χ1n) is 15.2. The minimum absolute atomic E-state index is 0.373. The normalized spacial score (nSPS) is 12.7. The zero-order valence-electron chi connectivity index (χ0n) is 26.1. The van der Waals surface area contributed by atoms with Gasteiger partial charge in [0.15, 0.2) is 0 Å². The minimum Gasteiger partial charge on any atom is -0.252 e. The van der Waals surface area contributed by atoms with Crippen molar-refractivity contribution in [3.05, 3.63) is 130 Å². The minimum atomic E-state index is 0.373. The molecule has 0 aliphatic carbocycles. The summed E-state index contributed by atoms with van der Waals surface area (Å²) in [6.45, 7) is 18.1. The Morgan fingerprint density at radius 1 is 0.415 bits per heavy atom. The maximum absolute atomic E-state index is 5.53. The molecule has 0 atom stereocenters. The molecule has 212 valence electrons. The van der Waals surface area contributed by atoms with E-state index in [1.54, 1.807) is 0 Å². The Morgan fingerprint density at radius 3 is 0.976 bits per heavy atom. The van der Waals surface area contributed by atoms with Gasteiger partial charge < -0.3 is 0 Å². The summed E-state index contributed by atoms with van der Waals surface area (Å²) in [5.74, 6) is 1.49. The Hall–Kier alpha value is -3.78. The van der Waals surface area contributed by atoms with Crippen LogP contribution in [0.15, 0.2) is 107 Å². The molecule has 0 aliphatic rings. The van der Waals surface area contributed by atoms with Crippen molar-refractivity contribution >= 4 is 22.8 Å². The topological polar surface area (TPSA) is 24.7 Å². The summed E-state index contributed by atoms with van der Waals surface area (Å²) in [5.41, 5.74) is 11.7. The molecular formula is C39H46N2. The Bertz CT molecular complexity index is 1320. The van der Waals surface area contributed by atoms with Gasteiger partial charge in [-0.05, 0) is 57.1 Å². The number of aliphatic imine (C=N–C) groups is 2. The van der Waals surface area contributed by atoms with Gasteiger partial charge in [0.05, 0.1) is 22.8 Å². The molecule has 0 aromatic heterocycles. The van der Waals surface area contributed by atoms with E-state index in [1.165, 1.54) is 22.3 Å². The van der Waals surface area contributed by atoms with Gasteiger partial charge in [-0.15, -0.1) is 0 Å². The SMILES string of the molecule is CC(C)c1cccc(C(C)C)c1/N=C(\C/C(=N\c1c(C(C)C)cccc1C(C)C)c1ccccc1)c1ccccc1. The maximum Gasteiger partial charge on any atom is 0.0702 e. The van der Waals surface area contributed by atoms with Crippen LogP contribution in [0.25, 0.3) is 0 Å². The standard InChI is InChI=1S/C39H46N2/c1-26(2)32-21-15-22-33(27(3)4)38(32)40-36(30-17-11-9-12-18-30)25-37(31-19-13-10-14-20-31)41-39-34(28(5)6)23-16-24-35(39)29(7)8/h9-24,26-29H,25H2,1-8H3/b40-36+,41-37+. The van der Waals surface area contributed by atoms with Crippen LogP contribution < -0.4 is 0 Å². The molecule has 0 amide bonds. The van der Waals surface area contributed by atoms with Gasteiger partial charge in [-0.2, -0.15) is 0 Å². The molecule has 0 N–H and O–H groups in total. The molecular weight excluding hydrogens is 496 g/mol. The molecule has 4 rings (SSSR count). The second-order valence-corrected chi connectivity index (χ2v) is 12.2. The Balaban J connectivity index is 1.99. The maximum atomic E-state index is 5.53. The van der Waals surface area contributed by atoms with Crippen molar-refractivity contribution in [2.45, 2.75) is 85.5 Å². The fourth-order valence-corrected chi connectivity index (χ4v) is 5.38.